The molecule has 1 nitrogen and oxygen atoms in total. The molecule has 0 N–H and O–H groups in total. The Hall–Kier alpha value is -0.0400. The van der Waals surface area contributed by atoms with E-state index in [1.54, 1.807) is 0 Å². The molecular formula is C16H28O. The normalized spacial score (nSPS) is 52.9. The Kier molecular flexibility index (Phi) is 2.63. The molecule has 0 aromatic rings. The summed E-state index contributed by atoms with van der Waals surface area (Å²) in [6, 6.07) is 0. The van der Waals surface area contributed by atoms with Crippen molar-refractivity contribution in [2.24, 2.45) is 29.1 Å². The van der Waals surface area contributed by atoms with E-state index in [1.807, 2.05) is 0 Å². The molecule has 0 amide bonds. The lowest BCUT2D eigenvalue weighted by atomic mass is 9.50. The van der Waals surface area contributed by atoms with E-state index in [0.717, 1.165) is 30.3 Å². The SMILES string of the molecule is CC1CCC(C)(C)C2CCC3(C)OCCC3C12. The monoisotopic (exact) mass is 236 g/mol. The van der Waals surface area contributed by atoms with Crippen LogP contribution < -0.4 is 0 Å². The van der Waals surface area contributed by atoms with Crippen LogP contribution in [0.4, 0.5) is 0 Å². The van der Waals surface area contributed by atoms with Gasteiger partial charge in [-0.05, 0) is 68.1 Å². The first kappa shape index (κ1) is 12.0. The summed E-state index contributed by atoms with van der Waals surface area (Å²) in [5.74, 6) is 3.64. The van der Waals surface area contributed by atoms with Gasteiger partial charge in [-0.1, -0.05) is 20.8 Å². The lowest BCUT2D eigenvalue weighted by Gasteiger charge is -2.56. The Bertz CT molecular complexity index is 307. The Morgan fingerprint density at radius 2 is 1.71 bits per heavy atom. The third-order valence-corrected chi connectivity index (χ3v) is 6.43. The highest BCUT2D eigenvalue weighted by molar-refractivity contribution is 5.05. The van der Waals surface area contributed by atoms with Gasteiger partial charge in [0.05, 0.1) is 5.60 Å². The summed E-state index contributed by atoms with van der Waals surface area (Å²) in [4.78, 5) is 0. The Morgan fingerprint density at radius 3 is 2.47 bits per heavy atom. The van der Waals surface area contributed by atoms with Crippen LogP contribution in [-0.2, 0) is 4.74 Å². The van der Waals surface area contributed by atoms with Gasteiger partial charge in [-0.3, -0.25) is 0 Å². The van der Waals surface area contributed by atoms with Gasteiger partial charge in [-0.25, -0.2) is 0 Å². The minimum atomic E-state index is 0.225. The highest BCUT2D eigenvalue weighted by Crippen LogP contribution is 2.59. The molecule has 0 spiro atoms. The fraction of sp³-hybridized carbons (Fsp3) is 1.00. The van der Waals surface area contributed by atoms with Crippen LogP contribution in [0.25, 0.3) is 0 Å². The van der Waals surface area contributed by atoms with Gasteiger partial charge in [-0.2, -0.15) is 0 Å². The van der Waals surface area contributed by atoms with Gasteiger partial charge < -0.3 is 4.74 Å². The zero-order valence-corrected chi connectivity index (χ0v) is 12.0. The van der Waals surface area contributed by atoms with Crippen molar-refractivity contribution >= 4 is 0 Å². The molecule has 0 bridgehead atoms. The van der Waals surface area contributed by atoms with Crippen molar-refractivity contribution in [1.82, 2.24) is 0 Å². The Morgan fingerprint density at radius 1 is 0.941 bits per heavy atom. The first-order valence-corrected chi connectivity index (χ1v) is 7.58. The minimum Gasteiger partial charge on any atom is -0.375 e. The maximum atomic E-state index is 6.11. The summed E-state index contributed by atoms with van der Waals surface area (Å²) in [5, 5.41) is 0. The molecule has 3 rings (SSSR count). The van der Waals surface area contributed by atoms with Crippen molar-refractivity contribution in [3.05, 3.63) is 0 Å². The van der Waals surface area contributed by atoms with Crippen LogP contribution in [0.3, 0.4) is 0 Å². The van der Waals surface area contributed by atoms with Crippen molar-refractivity contribution in [2.75, 3.05) is 6.61 Å². The molecular weight excluding hydrogens is 208 g/mol. The van der Waals surface area contributed by atoms with E-state index < -0.39 is 0 Å². The van der Waals surface area contributed by atoms with Crippen LogP contribution in [0.5, 0.6) is 0 Å². The highest BCUT2D eigenvalue weighted by Gasteiger charge is 2.56. The fourth-order valence-electron chi connectivity index (χ4n) is 5.29. The van der Waals surface area contributed by atoms with Crippen molar-refractivity contribution in [2.45, 2.75) is 65.4 Å². The van der Waals surface area contributed by atoms with Crippen molar-refractivity contribution in [3.8, 4) is 0 Å². The number of ether oxygens (including phenoxy) is 1. The summed E-state index contributed by atoms with van der Waals surface area (Å²) in [7, 11) is 0. The van der Waals surface area contributed by atoms with Gasteiger partial charge in [0.1, 0.15) is 0 Å². The van der Waals surface area contributed by atoms with Crippen molar-refractivity contribution in [3.63, 3.8) is 0 Å². The predicted octanol–water partition coefficient (Wildman–Crippen LogP) is 4.26. The van der Waals surface area contributed by atoms with E-state index in [9.17, 15) is 0 Å². The largest absolute Gasteiger partial charge is 0.375 e. The molecule has 0 aromatic heterocycles. The van der Waals surface area contributed by atoms with Gasteiger partial charge in [-0.15, -0.1) is 0 Å². The topological polar surface area (TPSA) is 9.23 Å². The summed E-state index contributed by atoms with van der Waals surface area (Å²) in [5.41, 5.74) is 0.796. The number of fused-ring (bicyclic) bond motifs is 3. The maximum absolute atomic E-state index is 6.11. The van der Waals surface area contributed by atoms with Crippen molar-refractivity contribution < 1.29 is 4.74 Å². The van der Waals surface area contributed by atoms with Crippen LogP contribution in [0.2, 0.25) is 0 Å². The third kappa shape index (κ3) is 1.69. The van der Waals surface area contributed by atoms with E-state index in [1.165, 1.54) is 32.1 Å². The molecule has 2 aliphatic carbocycles. The average molecular weight is 236 g/mol. The zero-order valence-electron chi connectivity index (χ0n) is 12.0. The van der Waals surface area contributed by atoms with E-state index in [-0.39, 0.29) is 5.60 Å². The lowest BCUT2D eigenvalue weighted by molar-refractivity contribution is -0.117. The highest BCUT2D eigenvalue weighted by atomic mass is 16.5. The van der Waals surface area contributed by atoms with E-state index in [4.69, 9.17) is 4.74 Å². The standard InChI is InChI=1S/C16H28O/c1-11-5-8-15(2,3)12-6-9-16(4)13(14(11)12)7-10-17-16/h11-14H,5-10H2,1-4H3. The van der Waals surface area contributed by atoms with Crippen LogP contribution in [-0.4, -0.2) is 12.2 Å². The summed E-state index contributed by atoms with van der Waals surface area (Å²) < 4.78 is 6.11. The van der Waals surface area contributed by atoms with Gasteiger partial charge >= 0.3 is 0 Å². The molecule has 2 saturated carbocycles. The maximum Gasteiger partial charge on any atom is 0.0686 e. The molecule has 1 heteroatoms. The smallest absolute Gasteiger partial charge is 0.0686 e. The molecule has 17 heavy (non-hydrogen) atoms. The van der Waals surface area contributed by atoms with Crippen LogP contribution >= 0.6 is 0 Å². The summed E-state index contributed by atoms with van der Waals surface area (Å²) in [6.07, 6.45) is 6.88. The molecule has 5 atom stereocenters. The number of rotatable bonds is 0. The van der Waals surface area contributed by atoms with E-state index >= 15 is 0 Å². The second-order valence-electron chi connectivity index (χ2n) is 7.78. The van der Waals surface area contributed by atoms with E-state index in [2.05, 4.69) is 27.7 Å². The quantitative estimate of drug-likeness (QED) is 0.610. The Labute approximate surface area is 106 Å². The molecule has 98 valence electrons. The zero-order chi connectivity index (χ0) is 12.3. The second-order valence-corrected chi connectivity index (χ2v) is 7.78. The van der Waals surface area contributed by atoms with Gasteiger partial charge in [0.2, 0.25) is 0 Å². The van der Waals surface area contributed by atoms with Crippen LogP contribution in [0, 0.1) is 29.1 Å². The Balaban J connectivity index is 1.93. The predicted molar refractivity (Wildman–Crippen MR) is 70.9 cm³/mol. The minimum absolute atomic E-state index is 0.225. The summed E-state index contributed by atoms with van der Waals surface area (Å²) >= 11 is 0. The molecule has 5 unspecified atom stereocenters. The molecule has 3 fully saturated rings. The van der Waals surface area contributed by atoms with Gasteiger partial charge in [0.25, 0.3) is 0 Å². The lowest BCUT2D eigenvalue weighted by Crippen LogP contribution is -2.52. The summed E-state index contributed by atoms with van der Waals surface area (Å²) in [6.45, 7) is 10.9. The molecule has 1 heterocycles. The fourth-order valence-corrected chi connectivity index (χ4v) is 5.29. The van der Waals surface area contributed by atoms with Gasteiger partial charge in [0, 0.05) is 6.61 Å². The van der Waals surface area contributed by atoms with Crippen LogP contribution in [0.15, 0.2) is 0 Å². The molecule has 0 aromatic carbocycles. The van der Waals surface area contributed by atoms with Gasteiger partial charge in [0.15, 0.2) is 0 Å². The third-order valence-electron chi connectivity index (χ3n) is 6.43. The number of hydrogen-bond acceptors (Lipinski definition) is 1. The number of hydrogen-bond donors (Lipinski definition) is 0. The molecule has 1 saturated heterocycles. The molecule has 3 aliphatic rings. The molecule has 0 radical (unpaired) electrons. The first-order chi connectivity index (χ1) is 7.94. The molecule has 1 aliphatic heterocycles. The van der Waals surface area contributed by atoms with Crippen LogP contribution in [0.1, 0.15) is 59.8 Å². The first-order valence-electron chi connectivity index (χ1n) is 7.58. The van der Waals surface area contributed by atoms with Crippen molar-refractivity contribution in [1.29, 1.82) is 0 Å². The van der Waals surface area contributed by atoms with E-state index in [0.29, 0.717) is 5.41 Å². The average Bonchev–Trinajstić information content (AvgIpc) is 2.65. The second kappa shape index (κ2) is 3.73.